The summed E-state index contributed by atoms with van der Waals surface area (Å²) in [7, 11) is 0. The Bertz CT molecular complexity index is 925. The average Bonchev–Trinajstić information content (AvgIpc) is 3.42. The molecule has 2 aliphatic heterocycles. The first-order valence-corrected chi connectivity index (χ1v) is 14.0. The molecule has 234 valence electrons. The molecular weight excluding hydrogens is 536 g/mol. The standard InChI is InChI=1S/C16H26N2O5.C12H22N2O4/c1-5-22-13(19)7-6-12(10-11-8-9-17-14(11)20)18-15(21)23-16(2,3)4;1-12(2,3)18-11(17)14-9(7-15)6-8-4-5-13-10(8)16/h6-7,11-12H,5,8-10H2,1-4H3,(H,17,20)(H,18,21);8-9,15H,4-7H2,1-3H3,(H,13,16)(H,14,17)/t11-,12+;8-,9-/m00/s1. The molecule has 2 fully saturated rings. The monoisotopic (exact) mass is 584 g/mol. The van der Waals surface area contributed by atoms with E-state index in [0.29, 0.717) is 32.4 Å². The van der Waals surface area contributed by atoms with Crippen molar-refractivity contribution in [3.63, 3.8) is 0 Å². The minimum absolute atomic E-state index is 0.0144. The number of rotatable bonds is 10. The Hall–Kier alpha value is -3.35. The molecule has 2 saturated heterocycles. The molecule has 0 saturated carbocycles. The van der Waals surface area contributed by atoms with Crippen molar-refractivity contribution in [3.05, 3.63) is 12.2 Å². The van der Waals surface area contributed by atoms with Crippen molar-refractivity contribution in [2.45, 2.75) is 97.4 Å². The lowest BCUT2D eigenvalue weighted by Gasteiger charge is -2.23. The highest BCUT2D eigenvalue weighted by molar-refractivity contribution is 5.83. The number of carbonyl (C=O) groups is 5. The van der Waals surface area contributed by atoms with E-state index < -0.39 is 41.4 Å². The Morgan fingerprint density at radius 1 is 0.902 bits per heavy atom. The van der Waals surface area contributed by atoms with Crippen LogP contribution in [-0.4, -0.2) is 84.7 Å². The van der Waals surface area contributed by atoms with Crippen molar-refractivity contribution in [1.29, 1.82) is 0 Å². The highest BCUT2D eigenvalue weighted by Crippen LogP contribution is 2.18. The lowest BCUT2D eigenvalue weighted by atomic mass is 9.98. The summed E-state index contributed by atoms with van der Waals surface area (Å²) in [6.07, 6.45) is 3.92. The number of aliphatic hydroxyl groups excluding tert-OH is 1. The maximum Gasteiger partial charge on any atom is 0.408 e. The van der Waals surface area contributed by atoms with Crippen molar-refractivity contribution in [1.82, 2.24) is 21.3 Å². The zero-order valence-electron chi connectivity index (χ0n) is 25.3. The van der Waals surface area contributed by atoms with E-state index in [1.165, 1.54) is 12.2 Å². The van der Waals surface area contributed by atoms with Crippen LogP contribution in [0, 0.1) is 11.8 Å². The summed E-state index contributed by atoms with van der Waals surface area (Å²) in [5.74, 6) is -0.872. The number of aliphatic hydroxyl groups is 1. The number of esters is 1. The van der Waals surface area contributed by atoms with Crippen LogP contribution in [0.2, 0.25) is 0 Å². The Morgan fingerprint density at radius 2 is 1.39 bits per heavy atom. The van der Waals surface area contributed by atoms with Gasteiger partial charge in [-0.15, -0.1) is 0 Å². The first-order valence-electron chi connectivity index (χ1n) is 14.0. The summed E-state index contributed by atoms with van der Waals surface area (Å²) in [5, 5.41) is 20.0. The van der Waals surface area contributed by atoms with Crippen LogP contribution >= 0.6 is 0 Å². The van der Waals surface area contributed by atoms with E-state index in [2.05, 4.69) is 21.3 Å². The van der Waals surface area contributed by atoms with Gasteiger partial charge in [0.25, 0.3) is 0 Å². The SMILES string of the molecule is CC(C)(C)OC(=O)N[C@H](CO)C[C@@H]1CCNC1=O.CCOC(=O)C=C[C@H](C[C@@H]1CCNC1=O)NC(=O)OC(C)(C)C. The number of hydrogen-bond acceptors (Lipinski definition) is 9. The molecule has 0 spiro atoms. The smallest absolute Gasteiger partial charge is 0.408 e. The summed E-state index contributed by atoms with van der Waals surface area (Å²) in [5.41, 5.74) is -1.20. The topological polar surface area (TPSA) is 181 Å². The zero-order valence-corrected chi connectivity index (χ0v) is 25.3. The molecule has 2 rings (SSSR count). The van der Waals surface area contributed by atoms with Crippen LogP contribution < -0.4 is 21.3 Å². The molecule has 0 bridgehead atoms. The van der Waals surface area contributed by atoms with Crippen LogP contribution in [0.15, 0.2) is 12.2 Å². The minimum atomic E-state index is -0.621. The normalized spacial score (nSPS) is 20.2. The van der Waals surface area contributed by atoms with Crippen molar-refractivity contribution >= 4 is 30.0 Å². The predicted molar refractivity (Wildman–Crippen MR) is 151 cm³/mol. The molecule has 0 aromatic heterocycles. The van der Waals surface area contributed by atoms with Crippen LogP contribution in [0.25, 0.3) is 0 Å². The predicted octanol–water partition coefficient (Wildman–Crippen LogP) is 1.92. The van der Waals surface area contributed by atoms with Crippen molar-refractivity contribution in [3.8, 4) is 0 Å². The number of alkyl carbamates (subject to hydrolysis) is 2. The van der Waals surface area contributed by atoms with Crippen LogP contribution in [0.4, 0.5) is 9.59 Å². The molecule has 0 unspecified atom stereocenters. The molecule has 0 radical (unpaired) electrons. The molecule has 13 heteroatoms. The third-order valence-electron chi connectivity index (χ3n) is 5.83. The van der Waals surface area contributed by atoms with Gasteiger partial charge < -0.3 is 40.6 Å². The van der Waals surface area contributed by atoms with Crippen LogP contribution in [0.1, 0.15) is 74.1 Å². The van der Waals surface area contributed by atoms with Gasteiger partial charge in [0, 0.05) is 31.0 Å². The fourth-order valence-corrected chi connectivity index (χ4v) is 4.07. The molecule has 13 nitrogen and oxygen atoms in total. The van der Waals surface area contributed by atoms with Crippen molar-refractivity contribution < 1.29 is 43.3 Å². The average molecular weight is 585 g/mol. The first kappa shape index (κ1) is 35.7. The van der Waals surface area contributed by atoms with Gasteiger partial charge in [-0.3, -0.25) is 9.59 Å². The summed E-state index contributed by atoms with van der Waals surface area (Å²) in [6, 6.07) is -0.934. The van der Waals surface area contributed by atoms with Gasteiger partial charge in [0.05, 0.1) is 25.3 Å². The highest BCUT2D eigenvalue weighted by Gasteiger charge is 2.29. The van der Waals surface area contributed by atoms with Gasteiger partial charge >= 0.3 is 18.2 Å². The molecule has 0 aromatic carbocycles. The number of nitrogens with one attached hydrogen (secondary N) is 4. The van der Waals surface area contributed by atoms with E-state index in [1.54, 1.807) is 48.5 Å². The maximum absolute atomic E-state index is 11.9. The first-order chi connectivity index (χ1) is 19.0. The van der Waals surface area contributed by atoms with Gasteiger partial charge in [-0.1, -0.05) is 6.08 Å². The van der Waals surface area contributed by atoms with Crippen LogP contribution in [0.3, 0.4) is 0 Å². The largest absolute Gasteiger partial charge is 0.463 e. The molecule has 2 aliphatic rings. The molecule has 0 aromatic rings. The molecule has 2 heterocycles. The van der Waals surface area contributed by atoms with E-state index in [1.807, 2.05) is 0 Å². The summed E-state index contributed by atoms with van der Waals surface area (Å²) >= 11 is 0. The quantitative estimate of drug-likeness (QED) is 0.146. The van der Waals surface area contributed by atoms with Gasteiger partial charge in [-0.05, 0) is 74.1 Å². The van der Waals surface area contributed by atoms with Crippen LogP contribution in [0.5, 0.6) is 0 Å². The fraction of sp³-hybridized carbons (Fsp3) is 0.750. The number of hydrogen-bond donors (Lipinski definition) is 5. The minimum Gasteiger partial charge on any atom is -0.463 e. The van der Waals surface area contributed by atoms with Gasteiger partial charge in [0.1, 0.15) is 11.2 Å². The number of ether oxygens (including phenoxy) is 3. The van der Waals surface area contributed by atoms with Gasteiger partial charge in [-0.25, -0.2) is 14.4 Å². The van der Waals surface area contributed by atoms with E-state index >= 15 is 0 Å². The summed E-state index contributed by atoms with van der Waals surface area (Å²) in [6.45, 7) is 13.7. The molecule has 4 amide bonds. The Labute approximate surface area is 242 Å². The van der Waals surface area contributed by atoms with Crippen molar-refractivity contribution in [2.24, 2.45) is 11.8 Å². The second-order valence-electron chi connectivity index (χ2n) is 11.9. The van der Waals surface area contributed by atoms with E-state index in [-0.39, 0.29) is 36.9 Å². The number of carbonyl (C=O) groups excluding carboxylic acids is 5. The van der Waals surface area contributed by atoms with E-state index in [4.69, 9.17) is 14.2 Å². The van der Waals surface area contributed by atoms with Gasteiger partial charge in [-0.2, -0.15) is 0 Å². The van der Waals surface area contributed by atoms with E-state index in [9.17, 15) is 29.1 Å². The molecule has 5 N–H and O–H groups in total. The third kappa shape index (κ3) is 15.9. The van der Waals surface area contributed by atoms with Crippen LogP contribution in [-0.2, 0) is 28.6 Å². The third-order valence-corrected chi connectivity index (χ3v) is 5.83. The fourth-order valence-electron chi connectivity index (χ4n) is 4.07. The zero-order chi connectivity index (χ0) is 31.2. The van der Waals surface area contributed by atoms with E-state index in [0.717, 1.165) is 6.42 Å². The second-order valence-corrected chi connectivity index (χ2v) is 11.9. The second kappa shape index (κ2) is 16.8. The Kier molecular flexibility index (Phi) is 14.6. The van der Waals surface area contributed by atoms with Gasteiger partial charge in [0.15, 0.2) is 0 Å². The maximum atomic E-state index is 11.9. The Morgan fingerprint density at radius 3 is 1.80 bits per heavy atom. The molecular formula is C28H48N4O9. The lowest BCUT2D eigenvalue weighted by molar-refractivity contribution is -0.137. The molecule has 4 atom stereocenters. The van der Waals surface area contributed by atoms with Gasteiger partial charge in [0.2, 0.25) is 11.8 Å². The number of amides is 4. The Balaban J connectivity index is 0.000000422. The molecule has 0 aliphatic carbocycles. The molecule has 41 heavy (non-hydrogen) atoms. The summed E-state index contributed by atoms with van der Waals surface area (Å²) < 4.78 is 15.1. The van der Waals surface area contributed by atoms with Crippen molar-refractivity contribution in [2.75, 3.05) is 26.3 Å². The highest BCUT2D eigenvalue weighted by atomic mass is 16.6. The lowest BCUT2D eigenvalue weighted by Crippen LogP contribution is -2.42. The summed E-state index contributed by atoms with van der Waals surface area (Å²) in [4.78, 5) is 58.0.